The summed E-state index contributed by atoms with van der Waals surface area (Å²) in [6.07, 6.45) is -0.623. The Morgan fingerprint density at radius 2 is 2.06 bits per heavy atom. The van der Waals surface area contributed by atoms with Crippen LogP contribution in [0.2, 0.25) is 0 Å². The van der Waals surface area contributed by atoms with Crippen LogP contribution in [0.5, 0.6) is 0 Å². The number of rotatable bonds is 4. The van der Waals surface area contributed by atoms with Gasteiger partial charge in [0.2, 0.25) is 10.0 Å². The molecule has 0 aliphatic rings. The summed E-state index contributed by atoms with van der Waals surface area (Å²) in [7, 11) is -2.37. The zero-order valence-electron chi connectivity index (χ0n) is 10.4. The number of benzene rings is 1. The second kappa shape index (κ2) is 5.47. The number of methoxy groups -OCH3 is 1. The molecule has 18 heavy (non-hydrogen) atoms. The van der Waals surface area contributed by atoms with Gasteiger partial charge < -0.3 is 10.1 Å². The first kappa shape index (κ1) is 14.6. The van der Waals surface area contributed by atoms with E-state index >= 15 is 0 Å². The molecule has 0 spiro atoms. The molecule has 0 bridgehead atoms. The molecule has 100 valence electrons. The van der Waals surface area contributed by atoms with E-state index in [0.29, 0.717) is 5.69 Å². The van der Waals surface area contributed by atoms with Gasteiger partial charge >= 0.3 is 0 Å². The van der Waals surface area contributed by atoms with Crippen molar-refractivity contribution in [3.05, 3.63) is 23.8 Å². The SMILES string of the molecule is COC(C)C(=O)Nc1cc(S(N)(=O)=O)ccc1C. The van der Waals surface area contributed by atoms with Gasteiger partial charge in [-0.25, -0.2) is 13.6 Å². The Morgan fingerprint density at radius 1 is 1.44 bits per heavy atom. The molecule has 0 fully saturated rings. The zero-order chi connectivity index (χ0) is 13.9. The van der Waals surface area contributed by atoms with Gasteiger partial charge in [0, 0.05) is 12.8 Å². The molecule has 0 heterocycles. The lowest BCUT2D eigenvalue weighted by Crippen LogP contribution is -2.27. The number of ether oxygens (including phenoxy) is 1. The maximum absolute atomic E-state index is 11.6. The van der Waals surface area contributed by atoms with Crippen molar-refractivity contribution in [1.82, 2.24) is 0 Å². The van der Waals surface area contributed by atoms with E-state index in [9.17, 15) is 13.2 Å². The van der Waals surface area contributed by atoms with Crippen molar-refractivity contribution in [3.8, 4) is 0 Å². The second-order valence-corrected chi connectivity index (χ2v) is 5.45. The molecule has 1 rings (SSSR count). The summed E-state index contributed by atoms with van der Waals surface area (Å²) in [6, 6.07) is 4.29. The van der Waals surface area contributed by atoms with E-state index in [-0.39, 0.29) is 10.8 Å². The molecule has 0 aliphatic heterocycles. The van der Waals surface area contributed by atoms with Gasteiger partial charge in [-0.1, -0.05) is 6.07 Å². The summed E-state index contributed by atoms with van der Waals surface area (Å²) in [5.41, 5.74) is 1.13. The highest BCUT2D eigenvalue weighted by Crippen LogP contribution is 2.19. The van der Waals surface area contributed by atoms with Gasteiger partial charge in [0.25, 0.3) is 5.91 Å². The third kappa shape index (κ3) is 3.52. The van der Waals surface area contributed by atoms with E-state index in [4.69, 9.17) is 9.88 Å². The predicted molar refractivity (Wildman–Crippen MR) is 67.7 cm³/mol. The summed E-state index contributed by atoms with van der Waals surface area (Å²) in [6.45, 7) is 3.34. The van der Waals surface area contributed by atoms with Gasteiger partial charge in [-0.05, 0) is 31.5 Å². The Hall–Kier alpha value is -1.44. The van der Waals surface area contributed by atoms with Crippen molar-refractivity contribution in [2.45, 2.75) is 24.8 Å². The van der Waals surface area contributed by atoms with Crippen LogP contribution in [-0.4, -0.2) is 27.5 Å². The van der Waals surface area contributed by atoms with Crippen LogP contribution in [0.1, 0.15) is 12.5 Å². The van der Waals surface area contributed by atoms with E-state index in [1.165, 1.54) is 19.2 Å². The summed E-state index contributed by atoms with van der Waals surface area (Å²) in [5, 5.41) is 7.62. The normalized spacial score (nSPS) is 13.1. The summed E-state index contributed by atoms with van der Waals surface area (Å²) in [4.78, 5) is 11.6. The monoisotopic (exact) mass is 272 g/mol. The van der Waals surface area contributed by atoms with Gasteiger partial charge in [-0.15, -0.1) is 0 Å². The Kier molecular flexibility index (Phi) is 4.44. The highest BCUT2D eigenvalue weighted by atomic mass is 32.2. The highest BCUT2D eigenvalue weighted by molar-refractivity contribution is 7.89. The molecule has 1 amide bonds. The molecule has 0 radical (unpaired) electrons. The van der Waals surface area contributed by atoms with Crippen molar-refractivity contribution < 1.29 is 17.9 Å². The molecule has 1 aromatic rings. The van der Waals surface area contributed by atoms with E-state index in [0.717, 1.165) is 5.56 Å². The maximum Gasteiger partial charge on any atom is 0.253 e. The molecule has 0 saturated carbocycles. The Bertz CT molecular complexity index is 554. The molecule has 7 heteroatoms. The second-order valence-electron chi connectivity index (χ2n) is 3.89. The highest BCUT2D eigenvalue weighted by Gasteiger charge is 2.15. The number of hydrogen-bond donors (Lipinski definition) is 2. The molecule has 3 N–H and O–H groups in total. The fraction of sp³-hybridized carbons (Fsp3) is 0.364. The number of carbonyl (C=O) groups is 1. The summed E-state index contributed by atoms with van der Waals surface area (Å²) >= 11 is 0. The minimum Gasteiger partial charge on any atom is -0.372 e. The number of nitrogens with two attached hydrogens (primary N) is 1. The first-order valence-corrected chi connectivity index (χ1v) is 6.77. The standard InChI is InChI=1S/C11H16N2O4S/c1-7-4-5-9(18(12,15)16)6-10(7)13-11(14)8(2)17-3/h4-6,8H,1-3H3,(H,13,14)(H2,12,15,16). The lowest BCUT2D eigenvalue weighted by Gasteiger charge is -2.13. The number of anilines is 1. The fourth-order valence-electron chi connectivity index (χ4n) is 1.25. The Balaban J connectivity index is 3.06. The minimum absolute atomic E-state index is 0.0477. The lowest BCUT2D eigenvalue weighted by atomic mass is 10.2. The number of primary sulfonamides is 1. The Morgan fingerprint density at radius 3 is 2.56 bits per heavy atom. The molecule has 1 aromatic carbocycles. The molecule has 6 nitrogen and oxygen atoms in total. The van der Waals surface area contributed by atoms with Gasteiger partial charge in [-0.3, -0.25) is 4.79 Å². The number of hydrogen-bond acceptors (Lipinski definition) is 4. The van der Waals surface area contributed by atoms with E-state index in [2.05, 4.69) is 5.32 Å². The van der Waals surface area contributed by atoms with Crippen molar-refractivity contribution in [2.24, 2.45) is 5.14 Å². The fourth-order valence-corrected chi connectivity index (χ4v) is 1.79. The minimum atomic E-state index is -3.79. The number of nitrogens with one attached hydrogen (secondary N) is 1. The number of aryl methyl sites for hydroxylation is 1. The topological polar surface area (TPSA) is 98.5 Å². The third-order valence-corrected chi connectivity index (χ3v) is 3.43. The van der Waals surface area contributed by atoms with Crippen molar-refractivity contribution in [2.75, 3.05) is 12.4 Å². The number of amides is 1. The molecular weight excluding hydrogens is 256 g/mol. The van der Waals surface area contributed by atoms with Crippen LogP contribution < -0.4 is 10.5 Å². The van der Waals surface area contributed by atoms with Crippen LogP contribution in [0, 0.1) is 6.92 Å². The lowest BCUT2D eigenvalue weighted by molar-refractivity contribution is -0.124. The molecule has 0 aliphatic carbocycles. The zero-order valence-corrected chi connectivity index (χ0v) is 11.2. The van der Waals surface area contributed by atoms with Gasteiger partial charge in [-0.2, -0.15) is 0 Å². The molecular formula is C11H16N2O4S. The number of sulfonamides is 1. The van der Waals surface area contributed by atoms with Crippen molar-refractivity contribution in [1.29, 1.82) is 0 Å². The van der Waals surface area contributed by atoms with E-state index in [1.54, 1.807) is 19.9 Å². The third-order valence-electron chi connectivity index (χ3n) is 2.52. The van der Waals surface area contributed by atoms with Gasteiger partial charge in [0.05, 0.1) is 4.90 Å². The quantitative estimate of drug-likeness (QED) is 0.839. The Labute approximate surface area is 106 Å². The maximum atomic E-state index is 11.6. The predicted octanol–water partition coefficient (Wildman–Crippen LogP) is 0.616. The summed E-state index contributed by atoms with van der Waals surface area (Å²) < 4.78 is 27.3. The van der Waals surface area contributed by atoms with Gasteiger partial charge in [0.1, 0.15) is 6.10 Å². The molecule has 1 unspecified atom stereocenters. The molecule has 1 atom stereocenters. The van der Waals surface area contributed by atoms with E-state index in [1.807, 2.05) is 0 Å². The average Bonchev–Trinajstić information content (AvgIpc) is 2.29. The van der Waals surface area contributed by atoms with Crippen LogP contribution >= 0.6 is 0 Å². The summed E-state index contributed by atoms with van der Waals surface area (Å²) in [5.74, 6) is -0.354. The average molecular weight is 272 g/mol. The van der Waals surface area contributed by atoms with Crippen LogP contribution in [0.25, 0.3) is 0 Å². The van der Waals surface area contributed by atoms with Crippen LogP contribution in [0.15, 0.2) is 23.1 Å². The van der Waals surface area contributed by atoms with Crippen LogP contribution in [0.4, 0.5) is 5.69 Å². The van der Waals surface area contributed by atoms with Crippen LogP contribution in [0.3, 0.4) is 0 Å². The largest absolute Gasteiger partial charge is 0.372 e. The first-order valence-electron chi connectivity index (χ1n) is 5.23. The molecule has 0 saturated heterocycles. The van der Waals surface area contributed by atoms with Crippen molar-refractivity contribution >= 4 is 21.6 Å². The first-order chi connectivity index (χ1) is 8.25. The van der Waals surface area contributed by atoms with Crippen molar-refractivity contribution in [3.63, 3.8) is 0 Å². The van der Waals surface area contributed by atoms with Gasteiger partial charge in [0.15, 0.2) is 0 Å². The van der Waals surface area contributed by atoms with Crippen LogP contribution in [-0.2, 0) is 19.6 Å². The molecule has 0 aromatic heterocycles. The smallest absolute Gasteiger partial charge is 0.253 e. The van der Waals surface area contributed by atoms with E-state index < -0.39 is 16.1 Å². The number of carbonyl (C=O) groups excluding carboxylic acids is 1.